The van der Waals surface area contributed by atoms with E-state index in [2.05, 4.69) is 26.5 Å². The van der Waals surface area contributed by atoms with E-state index < -0.39 is 0 Å². The monoisotopic (exact) mass is 149 g/mol. The maximum atomic E-state index is 5.90. The van der Waals surface area contributed by atoms with Gasteiger partial charge in [-0.3, -0.25) is 0 Å². The standard InChI is InChI=1S/C10H15N/c1-7(2)9-6-4-5-8(3)10(9)11/h4-7,10H,3,11H2,1-2H3. The highest BCUT2D eigenvalue weighted by molar-refractivity contribution is 5.39. The molecule has 11 heavy (non-hydrogen) atoms. The van der Waals surface area contributed by atoms with Gasteiger partial charge in [0, 0.05) is 0 Å². The molecular formula is C10H15N. The molecule has 0 aliphatic heterocycles. The summed E-state index contributed by atoms with van der Waals surface area (Å²) in [4.78, 5) is 0. The summed E-state index contributed by atoms with van der Waals surface area (Å²) in [7, 11) is 0. The zero-order chi connectivity index (χ0) is 8.43. The Morgan fingerprint density at radius 3 is 2.64 bits per heavy atom. The van der Waals surface area contributed by atoms with Crippen LogP contribution in [-0.4, -0.2) is 6.04 Å². The van der Waals surface area contributed by atoms with Crippen molar-refractivity contribution in [3.8, 4) is 0 Å². The SMILES string of the molecule is C=C1C=CC=C(C(C)C)C1N. The Morgan fingerprint density at radius 2 is 2.18 bits per heavy atom. The minimum absolute atomic E-state index is 0.0417. The summed E-state index contributed by atoms with van der Waals surface area (Å²) in [5.41, 5.74) is 8.19. The summed E-state index contributed by atoms with van der Waals surface area (Å²) >= 11 is 0. The van der Waals surface area contributed by atoms with Crippen LogP contribution in [-0.2, 0) is 0 Å². The van der Waals surface area contributed by atoms with E-state index in [1.807, 2.05) is 12.2 Å². The first kappa shape index (κ1) is 8.28. The number of hydrogen-bond donors (Lipinski definition) is 1. The fraction of sp³-hybridized carbons (Fsp3) is 0.400. The van der Waals surface area contributed by atoms with E-state index in [4.69, 9.17) is 5.73 Å². The van der Waals surface area contributed by atoms with Gasteiger partial charge in [-0.1, -0.05) is 38.7 Å². The molecule has 2 N–H and O–H groups in total. The highest BCUT2D eigenvalue weighted by Crippen LogP contribution is 2.21. The van der Waals surface area contributed by atoms with E-state index in [0.29, 0.717) is 5.92 Å². The molecule has 0 saturated carbocycles. The van der Waals surface area contributed by atoms with Crippen LogP contribution in [0.2, 0.25) is 0 Å². The largest absolute Gasteiger partial charge is 0.321 e. The van der Waals surface area contributed by atoms with Gasteiger partial charge in [0.25, 0.3) is 0 Å². The van der Waals surface area contributed by atoms with Crippen molar-refractivity contribution in [1.82, 2.24) is 0 Å². The molecule has 1 nitrogen and oxygen atoms in total. The van der Waals surface area contributed by atoms with Crippen LogP contribution in [0.3, 0.4) is 0 Å². The fourth-order valence-electron chi connectivity index (χ4n) is 1.26. The van der Waals surface area contributed by atoms with Gasteiger partial charge < -0.3 is 5.73 Å². The smallest absolute Gasteiger partial charge is 0.0510 e. The highest BCUT2D eigenvalue weighted by Gasteiger charge is 2.15. The van der Waals surface area contributed by atoms with E-state index in [-0.39, 0.29) is 6.04 Å². The molecule has 0 aromatic heterocycles. The highest BCUT2D eigenvalue weighted by atomic mass is 14.6. The molecule has 0 bridgehead atoms. The molecule has 1 rings (SSSR count). The van der Waals surface area contributed by atoms with E-state index in [0.717, 1.165) is 5.57 Å². The predicted octanol–water partition coefficient (Wildman–Crippen LogP) is 2.02. The number of allylic oxidation sites excluding steroid dienone is 2. The lowest BCUT2D eigenvalue weighted by Gasteiger charge is -2.22. The molecule has 1 aliphatic carbocycles. The van der Waals surface area contributed by atoms with Crippen LogP contribution in [0, 0.1) is 5.92 Å². The first-order valence-electron chi connectivity index (χ1n) is 3.95. The van der Waals surface area contributed by atoms with E-state index >= 15 is 0 Å². The molecule has 0 heterocycles. The summed E-state index contributed by atoms with van der Waals surface area (Å²) in [6.07, 6.45) is 6.07. The number of rotatable bonds is 1. The molecule has 0 amide bonds. The molecule has 0 radical (unpaired) electrons. The minimum atomic E-state index is 0.0417. The first-order valence-corrected chi connectivity index (χ1v) is 3.95. The van der Waals surface area contributed by atoms with Crippen molar-refractivity contribution in [3.05, 3.63) is 36.0 Å². The predicted molar refractivity (Wildman–Crippen MR) is 49.2 cm³/mol. The molecule has 60 valence electrons. The molecule has 0 saturated heterocycles. The van der Waals surface area contributed by atoms with Gasteiger partial charge in [0.1, 0.15) is 0 Å². The summed E-state index contributed by atoms with van der Waals surface area (Å²) in [5, 5.41) is 0. The van der Waals surface area contributed by atoms with Gasteiger partial charge in [0.15, 0.2) is 0 Å². The summed E-state index contributed by atoms with van der Waals surface area (Å²) in [5.74, 6) is 0.520. The molecule has 1 unspecified atom stereocenters. The molecule has 0 fully saturated rings. The van der Waals surface area contributed by atoms with Gasteiger partial charge in [0.2, 0.25) is 0 Å². The second-order valence-corrected chi connectivity index (χ2v) is 3.23. The molecule has 0 aromatic rings. The Kier molecular flexibility index (Phi) is 2.30. The van der Waals surface area contributed by atoms with Gasteiger partial charge in [-0.2, -0.15) is 0 Å². The van der Waals surface area contributed by atoms with Gasteiger partial charge in [0.05, 0.1) is 6.04 Å². The average molecular weight is 149 g/mol. The Hall–Kier alpha value is -0.820. The molecular weight excluding hydrogens is 134 g/mol. The second-order valence-electron chi connectivity index (χ2n) is 3.23. The molecule has 0 spiro atoms. The van der Waals surface area contributed by atoms with Crippen molar-refractivity contribution in [3.63, 3.8) is 0 Å². The Bertz CT molecular complexity index is 221. The van der Waals surface area contributed by atoms with Gasteiger partial charge >= 0.3 is 0 Å². The van der Waals surface area contributed by atoms with Crippen molar-refractivity contribution in [2.75, 3.05) is 0 Å². The molecule has 1 aliphatic rings. The van der Waals surface area contributed by atoms with Crippen LogP contribution in [0.25, 0.3) is 0 Å². The first-order chi connectivity index (χ1) is 5.13. The van der Waals surface area contributed by atoms with Gasteiger partial charge in [-0.15, -0.1) is 0 Å². The van der Waals surface area contributed by atoms with Crippen molar-refractivity contribution >= 4 is 0 Å². The van der Waals surface area contributed by atoms with Crippen LogP contribution >= 0.6 is 0 Å². The maximum Gasteiger partial charge on any atom is 0.0510 e. The lowest BCUT2D eigenvalue weighted by molar-refractivity contribution is 0.690. The summed E-state index contributed by atoms with van der Waals surface area (Å²) in [6.45, 7) is 8.18. The normalized spacial score (nSPS) is 24.2. The molecule has 1 heteroatoms. The Labute approximate surface area is 68.3 Å². The third kappa shape index (κ3) is 1.60. The van der Waals surface area contributed by atoms with E-state index in [1.165, 1.54) is 5.57 Å². The maximum absolute atomic E-state index is 5.90. The van der Waals surface area contributed by atoms with Gasteiger partial charge in [-0.05, 0) is 17.1 Å². The van der Waals surface area contributed by atoms with Crippen molar-refractivity contribution in [2.24, 2.45) is 11.7 Å². The van der Waals surface area contributed by atoms with E-state index in [1.54, 1.807) is 0 Å². The zero-order valence-corrected chi connectivity index (χ0v) is 7.17. The van der Waals surface area contributed by atoms with Crippen LogP contribution in [0.15, 0.2) is 36.0 Å². The number of nitrogens with two attached hydrogens (primary N) is 1. The lowest BCUT2D eigenvalue weighted by Crippen LogP contribution is -2.27. The summed E-state index contributed by atoms with van der Waals surface area (Å²) < 4.78 is 0. The van der Waals surface area contributed by atoms with E-state index in [9.17, 15) is 0 Å². The minimum Gasteiger partial charge on any atom is -0.321 e. The third-order valence-corrected chi connectivity index (χ3v) is 2.02. The number of hydrogen-bond acceptors (Lipinski definition) is 1. The molecule has 1 atom stereocenters. The van der Waals surface area contributed by atoms with Gasteiger partial charge in [-0.25, -0.2) is 0 Å². The van der Waals surface area contributed by atoms with Crippen molar-refractivity contribution in [1.29, 1.82) is 0 Å². The average Bonchev–Trinajstić information content (AvgIpc) is 1.94. The zero-order valence-electron chi connectivity index (χ0n) is 7.17. The van der Waals surface area contributed by atoms with Crippen LogP contribution in [0.4, 0.5) is 0 Å². The topological polar surface area (TPSA) is 26.0 Å². The quantitative estimate of drug-likeness (QED) is 0.606. The van der Waals surface area contributed by atoms with Crippen molar-refractivity contribution in [2.45, 2.75) is 19.9 Å². The van der Waals surface area contributed by atoms with Crippen LogP contribution < -0.4 is 5.73 Å². The van der Waals surface area contributed by atoms with Crippen molar-refractivity contribution < 1.29 is 0 Å². The van der Waals surface area contributed by atoms with Crippen LogP contribution in [0.5, 0.6) is 0 Å². The summed E-state index contributed by atoms with van der Waals surface area (Å²) in [6, 6.07) is 0.0417. The Balaban J connectivity index is 2.87. The lowest BCUT2D eigenvalue weighted by atomic mass is 9.88. The fourth-order valence-corrected chi connectivity index (χ4v) is 1.26. The Morgan fingerprint density at radius 1 is 1.55 bits per heavy atom. The second kappa shape index (κ2) is 3.05. The van der Waals surface area contributed by atoms with Crippen LogP contribution in [0.1, 0.15) is 13.8 Å². The molecule has 0 aromatic carbocycles. The third-order valence-electron chi connectivity index (χ3n) is 2.02.